The number of amides is 1. The van der Waals surface area contributed by atoms with E-state index >= 15 is 0 Å². The molecule has 0 saturated carbocycles. The lowest BCUT2D eigenvalue weighted by atomic mass is 10.1. The fraction of sp³-hybridized carbons (Fsp3) is 0.273. The van der Waals surface area contributed by atoms with Gasteiger partial charge < -0.3 is 14.5 Å². The Labute approximate surface area is 174 Å². The Kier molecular flexibility index (Phi) is 5.83. The predicted octanol–water partition coefficient (Wildman–Crippen LogP) is 3.62. The fourth-order valence-electron chi connectivity index (χ4n) is 3.31. The van der Waals surface area contributed by atoms with E-state index in [1.165, 1.54) is 12.1 Å². The summed E-state index contributed by atoms with van der Waals surface area (Å²) in [6.45, 7) is 4.51. The third-order valence-electron chi connectivity index (χ3n) is 4.88. The summed E-state index contributed by atoms with van der Waals surface area (Å²) in [6.07, 6.45) is 1.40. The molecule has 0 radical (unpaired) electrons. The summed E-state index contributed by atoms with van der Waals surface area (Å²) < 4.78 is 18.5. The Hall–Kier alpha value is -3.55. The number of hydrogen-bond acceptors (Lipinski definition) is 6. The second-order valence-electron chi connectivity index (χ2n) is 6.83. The van der Waals surface area contributed by atoms with E-state index in [9.17, 15) is 9.18 Å². The van der Waals surface area contributed by atoms with E-state index in [-0.39, 0.29) is 11.9 Å². The van der Waals surface area contributed by atoms with Gasteiger partial charge in [0.15, 0.2) is 5.82 Å². The zero-order valence-electron chi connectivity index (χ0n) is 16.7. The first-order valence-electron chi connectivity index (χ1n) is 9.87. The van der Waals surface area contributed by atoms with E-state index in [2.05, 4.69) is 14.9 Å². The Morgan fingerprint density at radius 1 is 1.03 bits per heavy atom. The second-order valence-corrected chi connectivity index (χ2v) is 6.83. The highest BCUT2D eigenvalue weighted by molar-refractivity contribution is 5.69. The molecule has 0 bridgehead atoms. The fourth-order valence-corrected chi connectivity index (χ4v) is 3.31. The molecule has 1 aliphatic heterocycles. The molecule has 0 unspecified atom stereocenters. The molecule has 1 aliphatic rings. The number of ether oxygens (including phenoxy) is 1. The molecule has 1 amide bonds. The van der Waals surface area contributed by atoms with E-state index in [0.717, 1.165) is 11.4 Å². The van der Waals surface area contributed by atoms with Crippen molar-refractivity contribution in [1.82, 2.24) is 19.9 Å². The minimum Gasteiger partial charge on any atom is -0.450 e. The summed E-state index contributed by atoms with van der Waals surface area (Å²) in [5.74, 6) is 0.946. The molecule has 154 valence electrons. The number of halogens is 1. The topological polar surface area (TPSA) is 71.5 Å². The number of nitrogens with zero attached hydrogens (tertiary/aromatic N) is 5. The number of benzene rings is 1. The average Bonchev–Trinajstić information content (AvgIpc) is 2.80. The van der Waals surface area contributed by atoms with Gasteiger partial charge in [-0.2, -0.15) is 0 Å². The lowest BCUT2D eigenvalue weighted by molar-refractivity contribution is 0.105. The predicted molar refractivity (Wildman–Crippen MR) is 111 cm³/mol. The van der Waals surface area contributed by atoms with Gasteiger partial charge >= 0.3 is 6.09 Å². The lowest BCUT2D eigenvalue weighted by Crippen LogP contribution is -2.49. The van der Waals surface area contributed by atoms with Gasteiger partial charge in [0.05, 0.1) is 12.3 Å². The molecule has 3 heterocycles. The summed E-state index contributed by atoms with van der Waals surface area (Å²) in [5.41, 5.74) is 2.14. The maximum atomic E-state index is 13.4. The van der Waals surface area contributed by atoms with Crippen LogP contribution in [0, 0.1) is 5.82 Å². The largest absolute Gasteiger partial charge is 0.450 e. The monoisotopic (exact) mass is 407 g/mol. The highest BCUT2D eigenvalue weighted by Gasteiger charge is 2.24. The minimum absolute atomic E-state index is 0.291. The van der Waals surface area contributed by atoms with Gasteiger partial charge in [0.2, 0.25) is 0 Å². The molecule has 1 fully saturated rings. The van der Waals surface area contributed by atoms with Crippen LogP contribution in [0.5, 0.6) is 0 Å². The highest BCUT2D eigenvalue weighted by Crippen LogP contribution is 2.26. The van der Waals surface area contributed by atoms with E-state index in [1.54, 1.807) is 30.2 Å². The standard InChI is InChI=1S/C22H22FN5O2/c1-2-30-22(29)28-13-11-27(12-14-28)20-15-19(16-6-8-17(23)9-7-16)25-21(26-20)18-5-3-4-10-24-18/h3-10,15H,2,11-14H2,1H3. The molecule has 7 nitrogen and oxygen atoms in total. The molecule has 0 N–H and O–H groups in total. The molecule has 1 aromatic carbocycles. The zero-order valence-corrected chi connectivity index (χ0v) is 16.7. The molecule has 2 aromatic heterocycles. The van der Waals surface area contributed by atoms with Crippen molar-refractivity contribution >= 4 is 11.9 Å². The number of carbonyl (C=O) groups is 1. The quantitative estimate of drug-likeness (QED) is 0.658. The molecular weight excluding hydrogens is 385 g/mol. The van der Waals surface area contributed by atoms with Crippen molar-refractivity contribution in [3.63, 3.8) is 0 Å². The van der Waals surface area contributed by atoms with E-state index < -0.39 is 0 Å². The Balaban J connectivity index is 1.65. The van der Waals surface area contributed by atoms with Crippen LogP contribution >= 0.6 is 0 Å². The average molecular weight is 407 g/mol. The first kappa shape index (κ1) is 19.8. The van der Waals surface area contributed by atoms with E-state index in [1.807, 2.05) is 24.3 Å². The molecule has 1 saturated heterocycles. The SMILES string of the molecule is CCOC(=O)N1CCN(c2cc(-c3ccc(F)cc3)nc(-c3ccccn3)n2)CC1. The number of hydrogen-bond donors (Lipinski definition) is 0. The number of carbonyl (C=O) groups excluding carboxylic acids is 1. The van der Waals surface area contributed by atoms with Crippen molar-refractivity contribution < 1.29 is 13.9 Å². The van der Waals surface area contributed by atoms with Crippen LogP contribution < -0.4 is 4.90 Å². The first-order chi connectivity index (χ1) is 14.6. The van der Waals surface area contributed by atoms with Gasteiger partial charge in [-0.15, -0.1) is 0 Å². The van der Waals surface area contributed by atoms with E-state index in [4.69, 9.17) is 9.72 Å². The van der Waals surface area contributed by atoms with Crippen LogP contribution in [0.25, 0.3) is 22.8 Å². The highest BCUT2D eigenvalue weighted by atomic mass is 19.1. The molecule has 4 rings (SSSR count). The molecule has 0 aliphatic carbocycles. The maximum absolute atomic E-state index is 13.4. The van der Waals surface area contributed by atoms with Crippen LogP contribution in [0.1, 0.15) is 6.92 Å². The zero-order chi connectivity index (χ0) is 20.9. The Bertz CT molecular complexity index is 1010. The van der Waals surface area contributed by atoms with Gasteiger partial charge in [-0.05, 0) is 43.3 Å². The van der Waals surface area contributed by atoms with Gasteiger partial charge in [-0.3, -0.25) is 4.98 Å². The van der Waals surface area contributed by atoms with Gasteiger partial charge in [0.1, 0.15) is 17.3 Å². The number of piperazine rings is 1. The van der Waals surface area contributed by atoms with Crippen LogP contribution in [-0.4, -0.2) is 58.7 Å². The molecule has 3 aromatic rings. The second kappa shape index (κ2) is 8.86. The molecule has 0 atom stereocenters. The molecular formula is C22H22FN5O2. The number of pyridine rings is 1. The summed E-state index contributed by atoms with van der Waals surface area (Å²) in [4.78, 5) is 29.5. The smallest absolute Gasteiger partial charge is 0.409 e. The molecule has 8 heteroatoms. The summed E-state index contributed by atoms with van der Waals surface area (Å²) >= 11 is 0. The van der Waals surface area contributed by atoms with Crippen molar-refractivity contribution in [2.45, 2.75) is 6.92 Å². The van der Waals surface area contributed by atoms with Crippen molar-refractivity contribution in [3.05, 3.63) is 60.5 Å². The van der Waals surface area contributed by atoms with Gasteiger partial charge in [0.25, 0.3) is 0 Å². The third kappa shape index (κ3) is 4.37. The lowest BCUT2D eigenvalue weighted by Gasteiger charge is -2.34. The van der Waals surface area contributed by atoms with Crippen LogP contribution in [0.2, 0.25) is 0 Å². The summed E-state index contributed by atoms with van der Waals surface area (Å²) in [5, 5.41) is 0. The van der Waals surface area contributed by atoms with Crippen LogP contribution in [0.3, 0.4) is 0 Å². The Morgan fingerprint density at radius 3 is 2.47 bits per heavy atom. The van der Waals surface area contributed by atoms with Gasteiger partial charge in [0, 0.05) is 44.0 Å². The van der Waals surface area contributed by atoms with Crippen molar-refractivity contribution in [2.24, 2.45) is 0 Å². The maximum Gasteiger partial charge on any atom is 0.409 e. The van der Waals surface area contributed by atoms with Crippen LogP contribution in [0.15, 0.2) is 54.7 Å². The first-order valence-corrected chi connectivity index (χ1v) is 9.87. The molecule has 0 spiro atoms. The summed E-state index contributed by atoms with van der Waals surface area (Å²) in [7, 11) is 0. The number of aromatic nitrogens is 3. The van der Waals surface area contributed by atoms with Crippen LogP contribution in [-0.2, 0) is 4.74 Å². The molecule has 30 heavy (non-hydrogen) atoms. The third-order valence-corrected chi connectivity index (χ3v) is 4.88. The minimum atomic E-state index is -0.298. The number of rotatable bonds is 4. The normalized spacial score (nSPS) is 13.9. The number of anilines is 1. The van der Waals surface area contributed by atoms with Crippen LogP contribution in [0.4, 0.5) is 15.0 Å². The van der Waals surface area contributed by atoms with Gasteiger partial charge in [-0.25, -0.2) is 19.2 Å². The van der Waals surface area contributed by atoms with Gasteiger partial charge in [-0.1, -0.05) is 6.07 Å². The van der Waals surface area contributed by atoms with Crippen molar-refractivity contribution in [3.8, 4) is 22.8 Å². The van der Waals surface area contributed by atoms with Crippen molar-refractivity contribution in [1.29, 1.82) is 0 Å². The Morgan fingerprint density at radius 2 is 1.80 bits per heavy atom. The van der Waals surface area contributed by atoms with E-state index in [0.29, 0.717) is 50.0 Å². The summed E-state index contributed by atoms with van der Waals surface area (Å²) in [6, 6.07) is 13.7. The van der Waals surface area contributed by atoms with Crippen molar-refractivity contribution in [2.75, 3.05) is 37.7 Å².